The maximum atomic E-state index is 11.8. The number of urea groups is 1. The van der Waals surface area contributed by atoms with Crippen LogP contribution in [0.3, 0.4) is 0 Å². The first kappa shape index (κ1) is 17.0. The van der Waals surface area contributed by atoms with Crippen LogP contribution < -0.4 is 10.6 Å². The molecular formula is C13H21N3O5. The number of ether oxygens (including phenoxy) is 2. The molecule has 1 aliphatic rings. The highest BCUT2D eigenvalue weighted by Gasteiger charge is 2.24. The number of hydrogen-bond acceptors (Lipinski definition) is 6. The van der Waals surface area contributed by atoms with Gasteiger partial charge in [0, 0.05) is 12.2 Å². The third-order valence-corrected chi connectivity index (χ3v) is 2.71. The van der Waals surface area contributed by atoms with Crippen molar-refractivity contribution in [2.24, 2.45) is 0 Å². The molecule has 8 nitrogen and oxygen atoms in total. The lowest BCUT2D eigenvalue weighted by Gasteiger charge is -2.24. The van der Waals surface area contributed by atoms with Gasteiger partial charge in [0.1, 0.15) is 0 Å². The molecule has 0 atom stereocenters. The summed E-state index contributed by atoms with van der Waals surface area (Å²) in [5.41, 5.74) is 0.788. The molecule has 0 aromatic rings. The average Bonchev–Trinajstić information content (AvgIpc) is 2.38. The van der Waals surface area contributed by atoms with Gasteiger partial charge in [0.25, 0.3) is 0 Å². The van der Waals surface area contributed by atoms with Gasteiger partial charge < -0.3 is 20.1 Å². The van der Waals surface area contributed by atoms with Gasteiger partial charge >= 0.3 is 18.0 Å². The van der Waals surface area contributed by atoms with E-state index in [0.717, 1.165) is 0 Å². The molecule has 118 valence electrons. The van der Waals surface area contributed by atoms with Crippen molar-refractivity contribution in [2.45, 2.75) is 13.8 Å². The molecule has 1 rings (SSSR count). The van der Waals surface area contributed by atoms with Gasteiger partial charge in [-0.2, -0.15) is 0 Å². The summed E-state index contributed by atoms with van der Waals surface area (Å²) >= 11 is 0. The van der Waals surface area contributed by atoms with E-state index < -0.39 is 5.97 Å². The standard InChI is InChI=1S/C13H21N3O5/c1-4-20-11(17)8-16(3)7-10-9(12(18)21-5-2)6-14-13(19)15-10/h4-8H2,1-3H3,(H2,14,15,19). The molecule has 0 saturated carbocycles. The van der Waals surface area contributed by atoms with Crippen LogP contribution in [-0.2, 0) is 19.1 Å². The van der Waals surface area contributed by atoms with Crippen molar-refractivity contribution in [3.63, 3.8) is 0 Å². The van der Waals surface area contributed by atoms with Gasteiger partial charge in [0.15, 0.2) is 0 Å². The lowest BCUT2D eigenvalue weighted by molar-refractivity contribution is -0.144. The van der Waals surface area contributed by atoms with Crippen LogP contribution in [0.5, 0.6) is 0 Å². The summed E-state index contributed by atoms with van der Waals surface area (Å²) in [6, 6.07) is -0.386. The Morgan fingerprint density at radius 1 is 1.24 bits per heavy atom. The molecule has 1 heterocycles. The van der Waals surface area contributed by atoms with Gasteiger partial charge in [-0.25, -0.2) is 9.59 Å². The molecule has 2 amide bonds. The topological polar surface area (TPSA) is 97.0 Å². The number of hydrogen-bond donors (Lipinski definition) is 2. The number of rotatable bonds is 7. The molecule has 0 radical (unpaired) electrons. The fourth-order valence-electron chi connectivity index (χ4n) is 1.83. The summed E-state index contributed by atoms with van der Waals surface area (Å²) in [6.45, 7) is 4.41. The lowest BCUT2D eigenvalue weighted by Crippen LogP contribution is -2.47. The predicted octanol–water partition coefficient (Wildman–Crippen LogP) is -0.389. The fraction of sp³-hybridized carbons (Fsp3) is 0.615. The number of esters is 2. The van der Waals surface area contributed by atoms with Crippen LogP contribution in [0.4, 0.5) is 4.79 Å². The summed E-state index contributed by atoms with van der Waals surface area (Å²) in [6.07, 6.45) is 0. The third kappa shape index (κ3) is 5.42. The van der Waals surface area contributed by atoms with Gasteiger partial charge in [0.2, 0.25) is 0 Å². The number of likely N-dealkylation sites (N-methyl/N-ethyl adjacent to an activating group) is 1. The molecule has 0 spiro atoms. The Morgan fingerprint density at radius 2 is 1.90 bits per heavy atom. The first-order chi connectivity index (χ1) is 9.97. The second-order valence-corrected chi connectivity index (χ2v) is 4.46. The third-order valence-electron chi connectivity index (χ3n) is 2.71. The average molecular weight is 299 g/mol. The molecular weight excluding hydrogens is 278 g/mol. The highest BCUT2D eigenvalue weighted by Crippen LogP contribution is 2.09. The Labute approximate surface area is 123 Å². The number of carbonyl (C=O) groups is 3. The number of nitrogens with zero attached hydrogens (tertiary/aromatic N) is 1. The van der Waals surface area contributed by atoms with E-state index in [1.807, 2.05) is 0 Å². The summed E-state index contributed by atoms with van der Waals surface area (Å²) in [5.74, 6) is -0.844. The van der Waals surface area contributed by atoms with E-state index in [4.69, 9.17) is 9.47 Å². The van der Waals surface area contributed by atoms with E-state index >= 15 is 0 Å². The maximum absolute atomic E-state index is 11.8. The zero-order valence-electron chi connectivity index (χ0n) is 12.5. The maximum Gasteiger partial charge on any atom is 0.337 e. The van der Waals surface area contributed by atoms with Gasteiger partial charge in [-0.05, 0) is 20.9 Å². The van der Waals surface area contributed by atoms with Crippen molar-refractivity contribution in [1.29, 1.82) is 0 Å². The molecule has 0 aromatic heterocycles. The number of nitrogens with one attached hydrogen (secondary N) is 2. The van der Waals surface area contributed by atoms with Crippen LogP contribution >= 0.6 is 0 Å². The van der Waals surface area contributed by atoms with Crippen molar-refractivity contribution in [1.82, 2.24) is 15.5 Å². The predicted molar refractivity (Wildman–Crippen MR) is 74.3 cm³/mol. The van der Waals surface area contributed by atoms with E-state index in [1.54, 1.807) is 25.8 Å². The van der Waals surface area contributed by atoms with Crippen molar-refractivity contribution >= 4 is 18.0 Å². The van der Waals surface area contributed by atoms with E-state index in [0.29, 0.717) is 17.9 Å². The monoisotopic (exact) mass is 299 g/mol. The molecule has 1 aliphatic heterocycles. The van der Waals surface area contributed by atoms with Gasteiger partial charge in [-0.3, -0.25) is 9.69 Å². The van der Waals surface area contributed by atoms with E-state index in [1.165, 1.54) is 0 Å². The van der Waals surface area contributed by atoms with Crippen molar-refractivity contribution in [3.05, 3.63) is 11.3 Å². The van der Waals surface area contributed by atoms with Crippen molar-refractivity contribution in [2.75, 3.05) is 39.9 Å². The van der Waals surface area contributed by atoms with Crippen LogP contribution in [0.25, 0.3) is 0 Å². The smallest absolute Gasteiger partial charge is 0.337 e. The molecule has 21 heavy (non-hydrogen) atoms. The van der Waals surface area contributed by atoms with Gasteiger partial charge in [-0.1, -0.05) is 0 Å². The molecule has 0 saturated heterocycles. The Hall–Kier alpha value is -2.09. The minimum Gasteiger partial charge on any atom is -0.465 e. The Balaban J connectivity index is 2.75. The summed E-state index contributed by atoms with van der Waals surface area (Å²) in [5, 5.41) is 5.09. The minimum absolute atomic E-state index is 0.0662. The van der Waals surface area contributed by atoms with Crippen LogP contribution in [0.2, 0.25) is 0 Å². The highest BCUT2D eigenvalue weighted by molar-refractivity contribution is 5.93. The lowest BCUT2D eigenvalue weighted by atomic mass is 10.1. The van der Waals surface area contributed by atoms with Crippen LogP contribution in [0.1, 0.15) is 13.8 Å². The number of carbonyl (C=O) groups excluding carboxylic acids is 3. The quantitative estimate of drug-likeness (QED) is 0.622. The first-order valence-corrected chi connectivity index (χ1v) is 6.76. The molecule has 0 aliphatic carbocycles. The molecule has 8 heteroatoms. The van der Waals surface area contributed by atoms with E-state index in [2.05, 4.69) is 10.6 Å². The van der Waals surface area contributed by atoms with Gasteiger partial charge in [-0.15, -0.1) is 0 Å². The largest absolute Gasteiger partial charge is 0.465 e. The second kappa shape index (κ2) is 8.25. The van der Waals surface area contributed by atoms with E-state index in [9.17, 15) is 14.4 Å². The number of amides is 2. The molecule has 0 bridgehead atoms. The summed E-state index contributed by atoms with van der Waals surface area (Å²) < 4.78 is 9.80. The zero-order valence-corrected chi connectivity index (χ0v) is 12.5. The van der Waals surface area contributed by atoms with Crippen LogP contribution in [-0.4, -0.2) is 62.8 Å². The Kier molecular flexibility index (Phi) is 6.67. The zero-order chi connectivity index (χ0) is 15.8. The summed E-state index contributed by atoms with van der Waals surface area (Å²) in [7, 11) is 1.70. The highest BCUT2D eigenvalue weighted by atomic mass is 16.5. The molecule has 0 fully saturated rings. The fourth-order valence-corrected chi connectivity index (χ4v) is 1.83. The van der Waals surface area contributed by atoms with Crippen LogP contribution in [0.15, 0.2) is 11.3 Å². The second-order valence-electron chi connectivity index (χ2n) is 4.46. The minimum atomic E-state index is -0.482. The van der Waals surface area contributed by atoms with Crippen molar-refractivity contribution in [3.8, 4) is 0 Å². The van der Waals surface area contributed by atoms with Gasteiger partial charge in [0.05, 0.1) is 31.9 Å². The summed E-state index contributed by atoms with van der Waals surface area (Å²) in [4.78, 5) is 36.3. The molecule has 2 N–H and O–H groups in total. The van der Waals surface area contributed by atoms with Crippen LogP contribution in [0, 0.1) is 0 Å². The first-order valence-electron chi connectivity index (χ1n) is 6.76. The van der Waals surface area contributed by atoms with E-state index in [-0.39, 0.29) is 38.2 Å². The van der Waals surface area contributed by atoms with Crippen molar-refractivity contribution < 1.29 is 23.9 Å². The molecule has 0 unspecified atom stereocenters. The molecule has 0 aromatic carbocycles. The Morgan fingerprint density at radius 3 is 2.52 bits per heavy atom. The normalized spacial score (nSPS) is 14.6. The SMILES string of the molecule is CCOC(=O)CN(C)CC1=C(C(=O)OCC)CNC(=O)N1. The Bertz CT molecular complexity index is 447.